The third-order valence-electron chi connectivity index (χ3n) is 3.22. The highest BCUT2D eigenvalue weighted by molar-refractivity contribution is 5.98. The van der Waals surface area contributed by atoms with Crippen LogP contribution in [0.1, 0.15) is 21.5 Å². The smallest absolute Gasteiger partial charge is 0.251 e. The summed E-state index contributed by atoms with van der Waals surface area (Å²) in [5.74, 6) is -0.0905. The Kier molecular flexibility index (Phi) is 3.78. The van der Waals surface area contributed by atoms with Crippen LogP contribution in [0.15, 0.2) is 65.9 Å². The minimum absolute atomic E-state index is 0.0905. The molecule has 1 heterocycles. The van der Waals surface area contributed by atoms with Gasteiger partial charge in [-0.3, -0.25) is 9.79 Å². The number of fused-ring (bicyclic) bond motifs is 1. The summed E-state index contributed by atoms with van der Waals surface area (Å²) in [6.07, 6.45) is 5.17. The van der Waals surface area contributed by atoms with Crippen LogP contribution in [-0.2, 0) is 6.54 Å². The predicted molar refractivity (Wildman–Crippen MR) is 84.4 cm³/mol. The summed E-state index contributed by atoms with van der Waals surface area (Å²) >= 11 is 0. The number of amides is 1. The van der Waals surface area contributed by atoms with Gasteiger partial charge in [0.15, 0.2) is 0 Å². The van der Waals surface area contributed by atoms with Crippen molar-refractivity contribution in [1.82, 2.24) is 5.32 Å². The molecule has 0 saturated carbocycles. The molecule has 1 aliphatic heterocycles. The van der Waals surface area contributed by atoms with Crippen LogP contribution in [0.5, 0.6) is 0 Å². The lowest BCUT2D eigenvalue weighted by Gasteiger charge is -2.08. The van der Waals surface area contributed by atoms with Crippen molar-refractivity contribution in [2.24, 2.45) is 4.99 Å². The molecule has 21 heavy (non-hydrogen) atoms. The Bertz CT molecular complexity index is 705. The Balaban J connectivity index is 1.72. The second kappa shape index (κ2) is 6.05. The number of carbonyl (C=O) groups is 1. The zero-order valence-corrected chi connectivity index (χ0v) is 11.4. The van der Waals surface area contributed by atoms with E-state index in [-0.39, 0.29) is 5.91 Å². The first kappa shape index (κ1) is 13.1. The summed E-state index contributed by atoms with van der Waals surface area (Å²) in [6.45, 7) is 0.519. The van der Waals surface area contributed by atoms with E-state index in [1.54, 1.807) is 24.7 Å². The van der Waals surface area contributed by atoms with Gasteiger partial charge in [-0.15, -0.1) is 0 Å². The normalized spacial score (nSPS) is 12.2. The van der Waals surface area contributed by atoms with Gasteiger partial charge in [0.1, 0.15) is 0 Å². The van der Waals surface area contributed by atoms with Crippen LogP contribution >= 0.6 is 0 Å². The SMILES string of the molecule is O=C(NCc1ccccc1)c1ccc2c(c1)C=NC=CN2. The molecule has 0 fully saturated rings. The van der Waals surface area contributed by atoms with E-state index in [9.17, 15) is 4.79 Å². The fourth-order valence-corrected chi connectivity index (χ4v) is 2.12. The number of carbonyl (C=O) groups excluding carboxylic acids is 1. The lowest BCUT2D eigenvalue weighted by atomic mass is 10.1. The fraction of sp³-hybridized carbons (Fsp3) is 0.0588. The number of benzene rings is 2. The van der Waals surface area contributed by atoms with Crippen molar-refractivity contribution in [3.05, 3.63) is 77.6 Å². The highest BCUT2D eigenvalue weighted by atomic mass is 16.1. The second-order valence-electron chi connectivity index (χ2n) is 4.71. The van der Waals surface area contributed by atoms with Gasteiger partial charge in [0.05, 0.1) is 0 Å². The summed E-state index contributed by atoms with van der Waals surface area (Å²) in [4.78, 5) is 16.3. The van der Waals surface area contributed by atoms with Crippen molar-refractivity contribution in [1.29, 1.82) is 0 Å². The average Bonchev–Trinajstić information content (AvgIpc) is 2.78. The molecular weight excluding hydrogens is 262 g/mol. The molecule has 0 radical (unpaired) electrons. The molecule has 0 bridgehead atoms. The molecule has 104 valence electrons. The van der Waals surface area contributed by atoms with Gasteiger partial charge in [-0.1, -0.05) is 30.3 Å². The Morgan fingerprint density at radius 3 is 2.86 bits per heavy atom. The fourth-order valence-electron chi connectivity index (χ4n) is 2.12. The van der Waals surface area contributed by atoms with E-state index < -0.39 is 0 Å². The third-order valence-corrected chi connectivity index (χ3v) is 3.22. The highest BCUT2D eigenvalue weighted by Gasteiger charge is 2.09. The second-order valence-corrected chi connectivity index (χ2v) is 4.71. The minimum atomic E-state index is -0.0905. The van der Waals surface area contributed by atoms with Crippen LogP contribution in [0.3, 0.4) is 0 Å². The number of rotatable bonds is 3. The molecule has 2 aromatic rings. The van der Waals surface area contributed by atoms with E-state index >= 15 is 0 Å². The maximum absolute atomic E-state index is 12.2. The van der Waals surface area contributed by atoms with E-state index in [0.717, 1.165) is 16.8 Å². The number of anilines is 1. The molecule has 0 unspecified atom stereocenters. The van der Waals surface area contributed by atoms with Gasteiger partial charge < -0.3 is 10.6 Å². The van der Waals surface area contributed by atoms with Crippen LogP contribution in [0.4, 0.5) is 5.69 Å². The number of aliphatic imine (C=N–C) groups is 1. The van der Waals surface area contributed by atoms with Gasteiger partial charge in [-0.2, -0.15) is 0 Å². The van der Waals surface area contributed by atoms with Gasteiger partial charge in [-0.05, 0) is 23.8 Å². The first-order valence-corrected chi connectivity index (χ1v) is 6.74. The molecule has 0 aromatic heterocycles. The molecule has 1 aliphatic rings. The van der Waals surface area contributed by atoms with Crippen LogP contribution in [0, 0.1) is 0 Å². The first-order chi connectivity index (χ1) is 10.3. The summed E-state index contributed by atoms with van der Waals surface area (Å²) in [7, 11) is 0. The van der Waals surface area contributed by atoms with E-state index in [0.29, 0.717) is 12.1 Å². The molecule has 4 heteroatoms. The van der Waals surface area contributed by atoms with E-state index in [4.69, 9.17) is 0 Å². The summed E-state index contributed by atoms with van der Waals surface area (Å²) in [6, 6.07) is 15.4. The average molecular weight is 277 g/mol. The Morgan fingerprint density at radius 2 is 2.00 bits per heavy atom. The van der Waals surface area contributed by atoms with Crippen LogP contribution in [0.25, 0.3) is 0 Å². The topological polar surface area (TPSA) is 53.5 Å². The quantitative estimate of drug-likeness (QED) is 0.906. The molecule has 2 aromatic carbocycles. The maximum Gasteiger partial charge on any atom is 0.251 e. The van der Waals surface area contributed by atoms with Crippen LogP contribution in [-0.4, -0.2) is 12.1 Å². The molecule has 0 spiro atoms. The summed E-state index contributed by atoms with van der Waals surface area (Å²) in [5.41, 5.74) is 3.53. The van der Waals surface area contributed by atoms with E-state index in [2.05, 4.69) is 15.6 Å². The van der Waals surface area contributed by atoms with Crippen molar-refractivity contribution in [3.8, 4) is 0 Å². The number of nitrogens with one attached hydrogen (secondary N) is 2. The van der Waals surface area contributed by atoms with Crippen molar-refractivity contribution < 1.29 is 4.79 Å². The van der Waals surface area contributed by atoms with Gasteiger partial charge in [-0.25, -0.2) is 0 Å². The molecule has 3 rings (SSSR count). The highest BCUT2D eigenvalue weighted by Crippen LogP contribution is 2.17. The molecule has 2 N–H and O–H groups in total. The van der Waals surface area contributed by atoms with Crippen LogP contribution in [0.2, 0.25) is 0 Å². The summed E-state index contributed by atoms with van der Waals surface area (Å²) < 4.78 is 0. The summed E-state index contributed by atoms with van der Waals surface area (Å²) in [5, 5.41) is 6.03. The van der Waals surface area contributed by atoms with Crippen molar-refractivity contribution in [3.63, 3.8) is 0 Å². The Morgan fingerprint density at radius 1 is 1.14 bits per heavy atom. The molecule has 1 amide bonds. The number of hydrogen-bond donors (Lipinski definition) is 2. The molecule has 0 atom stereocenters. The Hall–Kier alpha value is -2.88. The third kappa shape index (κ3) is 3.17. The standard InChI is InChI=1S/C17H15N3O/c21-17(20-11-13-4-2-1-3-5-13)14-6-7-16-15(10-14)12-18-8-9-19-16/h1-10,12,19H,11H2,(H,20,21). The molecule has 0 aliphatic carbocycles. The van der Waals surface area contributed by atoms with Gasteiger partial charge in [0, 0.05) is 42.0 Å². The maximum atomic E-state index is 12.2. The van der Waals surface area contributed by atoms with Gasteiger partial charge in [0.25, 0.3) is 5.91 Å². The van der Waals surface area contributed by atoms with E-state index in [1.165, 1.54) is 0 Å². The lowest BCUT2D eigenvalue weighted by molar-refractivity contribution is 0.0951. The minimum Gasteiger partial charge on any atom is -0.360 e. The molecular formula is C17H15N3O. The zero-order valence-electron chi connectivity index (χ0n) is 11.4. The largest absolute Gasteiger partial charge is 0.360 e. The van der Waals surface area contributed by atoms with E-state index in [1.807, 2.05) is 42.5 Å². The van der Waals surface area contributed by atoms with Crippen LogP contribution < -0.4 is 10.6 Å². The predicted octanol–water partition coefficient (Wildman–Crippen LogP) is 2.93. The number of hydrogen-bond acceptors (Lipinski definition) is 3. The zero-order chi connectivity index (χ0) is 14.5. The molecule has 0 saturated heterocycles. The van der Waals surface area contributed by atoms with Crippen molar-refractivity contribution in [2.75, 3.05) is 5.32 Å². The lowest BCUT2D eigenvalue weighted by Crippen LogP contribution is -2.22. The first-order valence-electron chi connectivity index (χ1n) is 6.74. The Labute approximate surface area is 123 Å². The van der Waals surface area contributed by atoms with Gasteiger partial charge in [0.2, 0.25) is 0 Å². The molecule has 4 nitrogen and oxygen atoms in total. The monoisotopic (exact) mass is 277 g/mol. The number of nitrogens with zero attached hydrogens (tertiary/aromatic N) is 1. The van der Waals surface area contributed by atoms with Gasteiger partial charge >= 0.3 is 0 Å². The van der Waals surface area contributed by atoms with Crippen molar-refractivity contribution >= 4 is 17.8 Å². The van der Waals surface area contributed by atoms with Crippen molar-refractivity contribution in [2.45, 2.75) is 6.54 Å².